The van der Waals surface area contributed by atoms with Crippen molar-refractivity contribution in [1.29, 1.82) is 0 Å². The second-order valence-electron chi connectivity index (χ2n) is 5.42. The molecule has 12 heteroatoms. The Morgan fingerprint density at radius 3 is 2.21 bits per heavy atom. The molecular formula is C16H34N5O7-. The monoisotopic (exact) mass is 408 g/mol. The van der Waals surface area contributed by atoms with E-state index in [1.165, 1.54) is 0 Å². The molecule has 0 aromatic rings. The SMILES string of the molecule is C.C.CCNC(CCNC(=O)CC(NC(=O)CC([NH3+])C(=O)[O-])OC[O-])C(N)=O. The van der Waals surface area contributed by atoms with Crippen molar-refractivity contribution in [2.24, 2.45) is 5.73 Å². The van der Waals surface area contributed by atoms with Gasteiger partial charge in [0.2, 0.25) is 17.7 Å². The maximum Gasteiger partial charge on any atom is 0.234 e. The fourth-order valence-corrected chi connectivity index (χ4v) is 1.97. The van der Waals surface area contributed by atoms with Gasteiger partial charge in [-0.2, -0.15) is 0 Å². The number of nitrogens with two attached hydrogens (primary N) is 1. The Morgan fingerprint density at radius 1 is 1.14 bits per heavy atom. The number of carboxylic acid groups (broad SMARTS) is 1. The number of aliphatic carboxylic acids is 1. The van der Waals surface area contributed by atoms with Crippen molar-refractivity contribution in [2.75, 3.05) is 19.9 Å². The highest BCUT2D eigenvalue weighted by Gasteiger charge is 2.20. The lowest BCUT2D eigenvalue weighted by molar-refractivity contribution is -0.438. The number of quaternary nitrogens is 1. The van der Waals surface area contributed by atoms with Crippen LogP contribution in [0.4, 0.5) is 0 Å². The van der Waals surface area contributed by atoms with E-state index in [0.717, 1.165) is 0 Å². The lowest BCUT2D eigenvalue weighted by atomic mass is 10.2. The zero-order valence-electron chi connectivity index (χ0n) is 14.6. The van der Waals surface area contributed by atoms with Gasteiger partial charge in [-0.15, -0.1) is 0 Å². The molecule has 0 heterocycles. The molecule has 0 bridgehead atoms. The summed E-state index contributed by atoms with van der Waals surface area (Å²) in [6.45, 7) is 1.48. The summed E-state index contributed by atoms with van der Waals surface area (Å²) in [7, 11) is 0. The first-order valence-corrected chi connectivity index (χ1v) is 8.03. The molecule has 0 fully saturated rings. The van der Waals surface area contributed by atoms with Crippen molar-refractivity contribution in [3.8, 4) is 0 Å². The lowest BCUT2D eigenvalue weighted by Gasteiger charge is -2.21. The van der Waals surface area contributed by atoms with E-state index in [9.17, 15) is 29.4 Å². The van der Waals surface area contributed by atoms with E-state index in [1.54, 1.807) is 6.92 Å². The van der Waals surface area contributed by atoms with Crippen molar-refractivity contribution in [1.82, 2.24) is 16.0 Å². The van der Waals surface area contributed by atoms with Crippen molar-refractivity contribution in [3.05, 3.63) is 0 Å². The zero-order valence-corrected chi connectivity index (χ0v) is 14.6. The summed E-state index contributed by atoms with van der Waals surface area (Å²) in [5.74, 6) is -3.32. The van der Waals surface area contributed by atoms with Crippen molar-refractivity contribution >= 4 is 23.7 Å². The molecule has 28 heavy (non-hydrogen) atoms. The van der Waals surface area contributed by atoms with Gasteiger partial charge >= 0.3 is 0 Å². The molecule has 8 N–H and O–H groups in total. The number of carboxylic acids is 1. The molecule has 0 saturated heterocycles. The molecule has 0 rings (SSSR count). The Balaban J connectivity index is -0.00000312. The number of amides is 3. The summed E-state index contributed by atoms with van der Waals surface area (Å²) in [5.41, 5.74) is 8.44. The minimum atomic E-state index is -1.50. The molecule has 0 saturated carbocycles. The van der Waals surface area contributed by atoms with Crippen LogP contribution >= 0.6 is 0 Å². The summed E-state index contributed by atoms with van der Waals surface area (Å²) in [4.78, 5) is 45.2. The number of ether oxygens (including phenoxy) is 1. The summed E-state index contributed by atoms with van der Waals surface area (Å²) in [6, 6.07) is -1.86. The third kappa shape index (κ3) is 13.9. The number of carbonyl (C=O) groups is 4. The fourth-order valence-electron chi connectivity index (χ4n) is 1.97. The smallest absolute Gasteiger partial charge is 0.234 e. The lowest BCUT2D eigenvalue weighted by Crippen LogP contribution is -2.69. The van der Waals surface area contributed by atoms with E-state index < -0.39 is 55.2 Å². The number of hydrogen-bond donors (Lipinski definition) is 5. The molecule has 0 spiro atoms. The quantitative estimate of drug-likeness (QED) is 0.175. The number of likely N-dealkylation sites (N-methyl/N-ethyl adjacent to an activating group) is 1. The van der Waals surface area contributed by atoms with Crippen LogP contribution in [0.1, 0.15) is 41.0 Å². The summed E-state index contributed by atoms with van der Waals surface area (Å²) in [6.07, 6.45) is -1.78. The third-order valence-electron chi connectivity index (χ3n) is 3.28. The number of primary amides is 1. The normalized spacial score (nSPS) is 13.1. The van der Waals surface area contributed by atoms with Gasteiger partial charge in [0.25, 0.3) is 0 Å². The summed E-state index contributed by atoms with van der Waals surface area (Å²) < 4.78 is 4.71. The van der Waals surface area contributed by atoms with Crippen LogP contribution in [-0.4, -0.2) is 61.9 Å². The van der Waals surface area contributed by atoms with Gasteiger partial charge in [0.05, 0.1) is 24.9 Å². The van der Waals surface area contributed by atoms with Crippen molar-refractivity contribution in [3.63, 3.8) is 0 Å². The second-order valence-corrected chi connectivity index (χ2v) is 5.42. The summed E-state index contributed by atoms with van der Waals surface area (Å²) >= 11 is 0. The predicted molar refractivity (Wildman–Crippen MR) is 96.5 cm³/mol. The van der Waals surface area contributed by atoms with Crippen LogP contribution in [-0.2, 0) is 23.9 Å². The van der Waals surface area contributed by atoms with E-state index in [-0.39, 0.29) is 34.2 Å². The van der Waals surface area contributed by atoms with Crippen LogP contribution in [0.15, 0.2) is 0 Å². The largest absolute Gasteiger partial charge is 0.834 e. The van der Waals surface area contributed by atoms with Gasteiger partial charge in [-0.05, 0) is 19.8 Å². The molecule has 0 aliphatic carbocycles. The number of hydrogen-bond acceptors (Lipinski definition) is 8. The number of carbonyl (C=O) groups excluding carboxylic acids is 4. The molecule has 0 aliphatic heterocycles. The van der Waals surface area contributed by atoms with Crippen LogP contribution in [0.2, 0.25) is 0 Å². The minimum Gasteiger partial charge on any atom is -0.834 e. The maximum atomic E-state index is 11.9. The molecule has 3 amide bonds. The van der Waals surface area contributed by atoms with Gasteiger partial charge in [-0.1, -0.05) is 21.8 Å². The molecule has 0 aromatic carbocycles. The van der Waals surface area contributed by atoms with Crippen LogP contribution in [0.25, 0.3) is 0 Å². The van der Waals surface area contributed by atoms with Gasteiger partial charge in [-0.25, -0.2) is 0 Å². The molecular weight excluding hydrogens is 374 g/mol. The van der Waals surface area contributed by atoms with Crippen LogP contribution in [0.5, 0.6) is 0 Å². The summed E-state index contributed by atoms with van der Waals surface area (Å²) in [5, 5.41) is 28.8. The van der Waals surface area contributed by atoms with Gasteiger partial charge in [-0.3, -0.25) is 14.4 Å². The molecule has 0 aromatic heterocycles. The number of nitrogens with one attached hydrogen (secondary N) is 3. The van der Waals surface area contributed by atoms with Gasteiger partial charge < -0.3 is 47.2 Å². The van der Waals surface area contributed by atoms with Gasteiger partial charge in [0, 0.05) is 6.54 Å². The van der Waals surface area contributed by atoms with Crippen LogP contribution in [0.3, 0.4) is 0 Å². The maximum absolute atomic E-state index is 11.9. The number of rotatable bonds is 14. The van der Waals surface area contributed by atoms with E-state index in [1.807, 2.05) is 0 Å². The first kappa shape index (κ1) is 30.4. The first-order chi connectivity index (χ1) is 12.2. The predicted octanol–water partition coefficient (Wildman–Crippen LogP) is -4.85. The molecule has 166 valence electrons. The Hall–Kier alpha value is -2.28. The zero-order chi connectivity index (χ0) is 20.1. The highest BCUT2D eigenvalue weighted by Crippen LogP contribution is 1.97. The highest BCUT2D eigenvalue weighted by molar-refractivity contribution is 5.83. The van der Waals surface area contributed by atoms with Crippen molar-refractivity contribution in [2.45, 2.75) is 59.4 Å². The third-order valence-corrected chi connectivity index (χ3v) is 3.28. The van der Waals surface area contributed by atoms with E-state index in [2.05, 4.69) is 21.7 Å². The minimum absolute atomic E-state index is 0. The first-order valence-electron chi connectivity index (χ1n) is 8.03. The average Bonchev–Trinajstić information content (AvgIpc) is 2.53. The van der Waals surface area contributed by atoms with Crippen LogP contribution in [0, 0.1) is 0 Å². The van der Waals surface area contributed by atoms with Crippen LogP contribution < -0.4 is 37.6 Å². The Morgan fingerprint density at radius 2 is 1.75 bits per heavy atom. The van der Waals surface area contributed by atoms with E-state index in [4.69, 9.17) is 10.5 Å². The fraction of sp³-hybridized carbons (Fsp3) is 0.750. The standard InChI is InChI=1S/C14H26N5O7.2CH4/c1-2-17-9(13(16)23)3-4-18-10(21)6-12(26-7-20)19-11(22)5-8(15)14(24)25;;/h8-9,12,17H,2-7,15H2,1H3,(H2,16,23)(H,18,21)(H,19,22)(H,24,25);2*1H4/q-1;;. The Kier molecular flexibility index (Phi) is 18.3. The van der Waals surface area contributed by atoms with Gasteiger partial charge in [0.1, 0.15) is 12.3 Å². The molecule has 0 radical (unpaired) electrons. The van der Waals surface area contributed by atoms with Crippen molar-refractivity contribution < 1.29 is 39.9 Å². The van der Waals surface area contributed by atoms with Gasteiger partial charge in [0.15, 0.2) is 0 Å². The molecule has 12 nitrogen and oxygen atoms in total. The topological polar surface area (TPSA) is 213 Å². The Bertz CT molecular complexity index is 490. The molecule has 0 aliphatic rings. The molecule has 3 unspecified atom stereocenters. The average molecular weight is 408 g/mol. The second kappa shape index (κ2) is 16.9. The van der Waals surface area contributed by atoms with E-state index in [0.29, 0.717) is 6.54 Å². The van der Waals surface area contributed by atoms with E-state index >= 15 is 0 Å². The molecule has 3 atom stereocenters. The highest BCUT2D eigenvalue weighted by atomic mass is 16.6. The Labute approximate surface area is 165 Å².